The highest BCUT2D eigenvalue weighted by atomic mass is 15.4. The van der Waals surface area contributed by atoms with Crippen LogP contribution in [-0.2, 0) is 0 Å². The van der Waals surface area contributed by atoms with Gasteiger partial charge in [-0.2, -0.15) is 0 Å². The molecule has 0 N–H and O–H groups in total. The van der Waals surface area contributed by atoms with Crippen molar-refractivity contribution in [2.45, 2.75) is 84.0 Å². The largest absolute Gasteiger partial charge is 0.333 e. The number of rotatable bonds is 14. The number of likely N-dealkylation sites (tertiary alicyclic amines) is 1. The van der Waals surface area contributed by atoms with Gasteiger partial charge < -0.3 is 4.90 Å². The zero-order chi connectivity index (χ0) is 18.5. The smallest absolute Gasteiger partial charge is 0.0507 e. The van der Waals surface area contributed by atoms with E-state index >= 15 is 0 Å². The molecule has 2 heterocycles. The Bertz CT molecular complexity index is 389. The van der Waals surface area contributed by atoms with E-state index < -0.39 is 0 Å². The van der Waals surface area contributed by atoms with Gasteiger partial charge in [0, 0.05) is 32.2 Å². The van der Waals surface area contributed by atoms with Crippen LogP contribution in [-0.4, -0.2) is 60.6 Å². The number of terminal acetylenes is 1. The van der Waals surface area contributed by atoms with E-state index in [0.29, 0.717) is 0 Å². The van der Waals surface area contributed by atoms with Crippen LogP contribution in [0.1, 0.15) is 84.0 Å². The van der Waals surface area contributed by atoms with Crippen molar-refractivity contribution >= 4 is 0 Å². The molecule has 2 fully saturated rings. The Balaban J connectivity index is 1.27. The average Bonchev–Trinajstić information content (AvgIpc) is 3.31. The topological polar surface area (TPSA) is 9.72 Å². The van der Waals surface area contributed by atoms with E-state index in [1.54, 1.807) is 0 Å². The van der Waals surface area contributed by atoms with Gasteiger partial charge in [0.1, 0.15) is 0 Å². The van der Waals surface area contributed by atoms with Crippen LogP contribution in [0.25, 0.3) is 0 Å². The fraction of sp³-hybridized carbons (Fsp3) is 0.913. The van der Waals surface area contributed by atoms with E-state index in [0.717, 1.165) is 19.0 Å². The van der Waals surface area contributed by atoms with Crippen molar-refractivity contribution in [2.75, 3.05) is 45.9 Å². The quantitative estimate of drug-likeness (QED) is 0.325. The first-order valence-corrected chi connectivity index (χ1v) is 11.5. The van der Waals surface area contributed by atoms with Crippen LogP contribution in [0.4, 0.5) is 0 Å². The number of unbranched alkanes of at least 4 members (excludes halogenated alkanes) is 9. The highest BCUT2D eigenvalue weighted by Gasteiger charge is 2.19. The average molecular weight is 362 g/mol. The maximum Gasteiger partial charge on any atom is 0.0507 e. The summed E-state index contributed by atoms with van der Waals surface area (Å²) in [6.45, 7) is 10.8. The molecule has 0 amide bonds. The summed E-state index contributed by atoms with van der Waals surface area (Å²) in [4.78, 5) is 7.31. The molecule has 0 aromatic heterocycles. The summed E-state index contributed by atoms with van der Waals surface area (Å²) in [6.07, 6.45) is 22.5. The summed E-state index contributed by atoms with van der Waals surface area (Å²) in [5.41, 5.74) is 0. The third kappa shape index (κ3) is 8.78. The molecule has 2 aliphatic heterocycles. The molecular weight excluding hydrogens is 318 g/mol. The zero-order valence-electron chi connectivity index (χ0n) is 17.4. The maximum atomic E-state index is 5.47. The summed E-state index contributed by atoms with van der Waals surface area (Å²) >= 11 is 0. The van der Waals surface area contributed by atoms with Gasteiger partial charge in [0.25, 0.3) is 0 Å². The lowest BCUT2D eigenvalue weighted by molar-refractivity contribution is 0.249. The molecule has 3 heteroatoms. The van der Waals surface area contributed by atoms with Crippen molar-refractivity contribution in [3.63, 3.8) is 0 Å². The number of likely N-dealkylation sites (N-methyl/N-ethyl adjacent to an activating group) is 1. The minimum atomic E-state index is 0.872. The standard InChI is InChI=1S/C23H43N3/c1-3-24-18-16-23(21-24)15-13-11-9-7-5-6-8-10-12-14-17-26-20-19-25(4-2)22-26/h1,23H,4-22H2,2H3. The van der Waals surface area contributed by atoms with E-state index in [2.05, 4.69) is 27.7 Å². The minimum absolute atomic E-state index is 0.872. The summed E-state index contributed by atoms with van der Waals surface area (Å²) in [5.74, 6) is 0.872. The lowest BCUT2D eigenvalue weighted by Gasteiger charge is -2.16. The van der Waals surface area contributed by atoms with Crippen LogP contribution in [0.2, 0.25) is 0 Å². The molecular formula is C23H43N3. The van der Waals surface area contributed by atoms with E-state index in [-0.39, 0.29) is 0 Å². The summed E-state index contributed by atoms with van der Waals surface area (Å²) in [6, 6.07) is 2.78. The molecule has 2 saturated heterocycles. The van der Waals surface area contributed by atoms with Crippen molar-refractivity contribution in [3.8, 4) is 12.5 Å². The van der Waals surface area contributed by atoms with Crippen molar-refractivity contribution in [3.05, 3.63) is 0 Å². The number of hydrogen-bond donors (Lipinski definition) is 0. The normalized spacial score (nSPS) is 21.5. The first kappa shape index (κ1) is 21.6. The van der Waals surface area contributed by atoms with E-state index in [4.69, 9.17) is 6.42 Å². The predicted octanol–water partition coefficient (Wildman–Crippen LogP) is 4.79. The summed E-state index contributed by atoms with van der Waals surface area (Å²) < 4.78 is 0. The first-order valence-electron chi connectivity index (χ1n) is 11.5. The Morgan fingerprint density at radius 2 is 1.42 bits per heavy atom. The van der Waals surface area contributed by atoms with Crippen LogP contribution in [0.15, 0.2) is 0 Å². The van der Waals surface area contributed by atoms with Crippen molar-refractivity contribution < 1.29 is 0 Å². The van der Waals surface area contributed by atoms with Gasteiger partial charge in [0.2, 0.25) is 0 Å². The molecule has 0 spiro atoms. The lowest BCUT2D eigenvalue weighted by Crippen LogP contribution is -2.26. The Hall–Kier alpha value is -0.720. The molecule has 0 aliphatic carbocycles. The molecule has 0 aromatic rings. The lowest BCUT2D eigenvalue weighted by atomic mass is 9.99. The molecule has 0 radical (unpaired) electrons. The van der Waals surface area contributed by atoms with Gasteiger partial charge in [-0.3, -0.25) is 9.80 Å². The third-order valence-electron chi connectivity index (χ3n) is 6.38. The van der Waals surface area contributed by atoms with E-state index in [1.165, 1.54) is 110 Å². The second-order valence-corrected chi connectivity index (χ2v) is 8.52. The fourth-order valence-corrected chi connectivity index (χ4v) is 4.52. The van der Waals surface area contributed by atoms with Gasteiger partial charge >= 0.3 is 0 Å². The second kappa shape index (κ2) is 13.4. The Morgan fingerprint density at radius 3 is 2.00 bits per heavy atom. The van der Waals surface area contributed by atoms with Gasteiger partial charge in [-0.1, -0.05) is 71.1 Å². The van der Waals surface area contributed by atoms with Gasteiger partial charge in [-0.05, 0) is 38.3 Å². The SMILES string of the molecule is C#CN1CCC(CCCCCCCCCCCCN2CCN(CC)C2)C1. The van der Waals surface area contributed by atoms with E-state index in [9.17, 15) is 0 Å². The molecule has 0 saturated carbocycles. The Kier molecular flexibility index (Phi) is 11.2. The van der Waals surface area contributed by atoms with E-state index in [1.807, 2.05) is 0 Å². The molecule has 3 nitrogen and oxygen atoms in total. The summed E-state index contributed by atoms with van der Waals surface area (Å²) in [5, 5.41) is 0. The molecule has 1 atom stereocenters. The molecule has 2 rings (SSSR count). The monoisotopic (exact) mass is 361 g/mol. The van der Waals surface area contributed by atoms with Crippen LogP contribution in [0.3, 0.4) is 0 Å². The summed E-state index contributed by atoms with van der Waals surface area (Å²) in [7, 11) is 0. The molecule has 0 bridgehead atoms. The second-order valence-electron chi connectivity index (χ2n) is 8.52. The molecule has 150 valence electrons. The van der Waals surface area contributed by atoms with Gasteiger partial charge in [0.05, 0.1) is 6.67 Å². The van der Waals surface area contributed by atoms with Crippen molar-refractivity contribution in [1.29, 1.82) is 0 Å². The highest BCUT2D eigenvalue weighted by Crippen LogP contribution is 2.22. The van der Waals surface area contributed by atoms with Crippen molar-refractivity contribution in [2.24, 2.45) is 5.92 Å². The van der Waals surface area contributed by atoms with Crippen LogP contribution < -0.4 is 0 Å². The van der Waals surface area contributed by atoms with Crippen LogP contribution in [0.5, 0.6) is 0 Å². The van der Waals surface area contributed by atoms with Gasteiger partial charge in [0.15, 0.2) is 0 Å². The first-order chi connectivity index (χ1) is 12.8. The maximum absolute atomic E-state index is 5.47. The van der Waals surface area contributed by atoms with Gasteiger partial charge in [-0.15, -0.1) is 0 Å². The molecule has 1 unspecified atom stereocenters. The predicted molar refractivity (Wildman–Crippen MR) is 113 cm³/mol. The molecule has 2 aliphatic rings. The number of nitrogens with zero attached hydrogens (tertiary/aromatic N) is 3. The van der Waals surface area contributed by atoms with Gasteiger partial charge in [-0.25, -0.2) is 0 Å². The minimum Gasteiger partial charge on any atom is -0.333 e. The molecule has 26 heavy (non-hydrogen) atoms. The Morgan fingerprint density at radius 1 is 0.808 bits per heavy atom. The zero-order valence-corrected chi connectivity index (χ0v) is 17.4. The van der Waals surface area contributed by atoms with Crippen molar-refractivity contribution in [1.82, 2.24) is 14.7 Å². The van der Waals surface area contributed by atoms with Crippen LogP contribution >= 0.6 is 0 Å². The Labute approximate surface area is 163 Å². The number of hydrogen-bond acceptors (Lipinski definition) is 3. The third-order valence-corrected chi connectivity index (χ3v) is 6.38. The highest BCUT2D eigenvalue weighted by molar-refractivity contribution is 4.90. The fourth-order valence-electron chi connectivity index (χ4n) is 4.52. The van der Waals surface area contributed by atoms with Crippen LogP contribution in [0, 0.1) is 18.4 Å². The molecule has 0 aromatic carbocycles.